The molecule has 0 spiro atoms. The molecule has 0 bridgehead atoms. The van der Waals surface area contributed by atoms with Crippen molar-refractivity contribution in [3.8, 4) is 5.75 Å². The molecule has 98 valence electrons. The van der Waals surface area contributed by atoms with Crippen molar-refractivity contribution in [1.82, 2.24) is 4.90 Å². The molecule has 0 amide bonds. The highest BCUT2D eigenvalue weighted by atomic mass is 79.9. The first-order valence-corrected chi connectivity index (χ1v) is 7.41. The molecule has 3 nitrogen and oxygen atoms in total. The number of rotatable bonds is 3. The molecule has 2 unspecified atom stereocenters. The van der Waals surface area contributed by atoms with Crippen molar-refractivity contribution in [3.63, 3.8) is 0 Å². The molecule has 1 fully saturated rings. The molecule has 2 aliphatic heterocycles. The molecule has 1 aromatic rings. The molecule has 1 aromatic carbocycles. The molecule has 0 aliphatic carbocycles. The highest BCUT2D eigenvalue weighted by Gasteiger charge is 2.28. The van der Waals surface area contributed by atoms with E-state index in [0.29, 0.717) is 12.0 Å². The molecule has 4 heteroatoms. The lowest BCUT2D eigenvalue weighted by atomic mass is 10.1. The smallest absolute Gasteiger partial charge is 0.123 e. The van der Waals surface area contributed by atoms with Crippen LogP contribution < -0.4 is 10.5 Å². The third-order valence-corrected chi connectivity index (χ3v) is 4.42. The van der Waals surface area contributed by atoms with Gasteiger partial charge in [-0.25, -0.2) is 0 Å². The highest BCUT2D eigenvalue weighted by molar-refractivity contribution is 9.10. The minimum atomic E-state index is 0.311. The van der Waals surface area contributed by atoms with Gasteiger partial charge in [-0.1, -0.05) is 15.9 Å². The standard InChI is InChI=1S/C14H19BrN2O/c15-12-1-2-14-11(5-12)6-13(18-14)9-17-4-3-10(7-16)8-17/h1-2,5,10,13H,3-4,6-9,16H2. The Morgan fingerprint density at radius 3 is 3.11 bits per heavy atom. The van der Waals surface area contributed by atoms with Gasteiger partial charge in [0.25, 0.3) is 0 Å². The maximum Gasteiger partial charge on any atom is 0.123 e. The summed E-state index contributed by atoms with van der Waals surface area (Å²) in [6.45, 7) is 4.15. The molecular weight excluding hydrogens is 292 g/mol. The predicted octanol–water partition coefficient (Wildman–Crippen LogP) is 2.03. The van der Waals surface area contributed by atoms with E-state index in [0.717, 1.165) is 36.3 Å². The Balaban J connectivity index is 1.58. The number of likely N-dealkylation sites (tertiary alicyclic amines) is 1. The normalized spacial score (nSPS) is 27.2. The van der Waals surface area contributed by atoms with E-state index in [4.69, 9.17) is 10.5 Å². The minimum absolute atomic E-state index is 0.311. The lowest BCUT2D eigenvalue weighted by Crippen LogP contribution is -2.33. The minimum Gasteiger partial charge on any atom is -0.488 e. The third kappa shape index (κ3) is 2.56. The van der Waals surface area contributed by atoms with Crippen LogP contribution in [0.1, 0.15) is 12.0 Å². The molecular formula is C14H19BrN2O. The van der Waals surface area contributed by atoms with E-state index in [-0.39, 0.29) is 0 Å². The Kier molecular flexibility index (Phi) is 3.59. The fraction of sp³-hybridized carbons (Fsp3) is 0.571. The van der Waals surface area contributed by atoms with Crippen LogP contribution >= 0.6 is 15.9 Å². The molecule has 2 atom stereocenters. The van der Waals surface area contributed by atoms with Crippen LogP contribution in [0.25, 0.3) is 0 Å². The Labute approximate surface area is 116 Å². The number of fused-ring (bicyclic) bond motifs is 1. The van der Waals surface area contributed by atoms with Gasteiger partial charge < -0.3 is 10.5 Å². The number of nitrogens with two attached hydrogens (primary N) is 1. The first-order chi connectivity index (χ1) is 8.74. The molecule has 2 aliphatic rings. The largest absolute Gasteiger partial charge is 0.488 e. The summed E-state index contributed by atoms with van der Waals surface area (Å²) in [6, 6.07) is 6.27. The number of halogens is 1. The topological polar surface area (TPSA) is 38.5 Å². The van der Waals surface area contributed by atoms with E-state index in [1.807, 2.05) is 6.07 Å². The lowest BCUT2D eigenvalue weighted by molar-refractivity contribution is 0.165. The van der Waals surface area contributed by atoms with Gasteiger partial charge in [-0.3, -0.25) is 4.90 Å². The molecule has 0 aromatic heterocycles. The molecule has 0 radical (unpaired) electrons. The van der Waals surface area contributed by atoms with Crippen LogP contribution in [0.5, 0.6) is 5.75 Å². The molecule has 3 rings (SSSR count). The summed E-state index contributed by atoms with van der Waals surface area (Å²) in [5.74, 6) is 1.74. The zero-order valence-corrected chi connectivity index (χ0v) is 12.0. The van der Waals surface area contributed by atoms with Crippen molar-refractivity contribution in [2.24, 2.45) is 11.7 Å². The van der Waals surface area contributed by atoms with Gasteiger partial charge in [-0.2, -0.15) is 0 Å². The Bertz CT molecular complexity index is 438. The fourth-order valence-corrected chi connectivity index (χ4v) is 3.36. The van der Waals surface area contributed by atoms with Gasteiger partial charge >= 0.3 is 0 Å². The number of nitrogens with zero attached hydrogens (tertiary/aromatic N) is 1. The first kappa shape index (κ1) is 12.5. The zero-order valence-electron chi connectivity index (χ0n) is 10.4. The average Bonchev–Trinajstić information content (AvgIpc) is 2.95. The van der Waals surface area contributed by atoms with Gasteiger partial charge in [0.2, 0.25) is 0 Å². The van der Waals surface area contributed by atoms with E-state index < -0.39 is 0 Å². The molecule has 1 saturated heterocycles. The van der Waals surface area contributed by atoms with Gasteiger partial charge in [0.05, 0.1) is 0 Å². The van der Waals surface area contributed by atoms with Crippen molar-refractivity contribution in [2.75, 3.05) is 26.2 Å². The highest BCUT2D eigenvalue weighted by Crippen LogP contribution is 2.32. The number of benzene rings is 1. The Morgan fingerprint density at radius 2 is 2.33 bits per heavy atom. The summed E-state index contributed by atoms with van der Waals surface area (Å²) < 4.78 is 7.13. The summed E-state index contributed by atoms with van der Waals surface area (Å²) >= 11 is 3.51. The van der Waals surface area contributed by atoms with E-state index in [1.165, 1.54) is 18.5 Å². The molecule has 0 saturated carbocycles. The van der Waals surface area contributed by atoms with E-state index >= 15 is 0 Å². The number of ether oxygens (including phenoxy) is 1. The summed E-state index contributed by atoms with van der Waals surface area (Å²) in [5.41, 5.74) is 7.05. The molecule has 2 N–H and O–H groups in total. The maximum atomic E-state index is 6.00. The van der Waals surface area contributed by atoms with Crippen molar-refractivity contribution in [1.29, 1.82) is 0 Å². The summed E-state index contributed by atoms with van der Waals surface area (Å²) in [6.07, 6.45) is 2.58. The zero-order chi connectivity index (χ0) is 12.5. The van der Waals surface area contributed by atoms with Crippen LogP contribution in [0, 0.1) is 5.92 Å². The van der Waals surface area contributed by atoms with Crippen LogP contribution in [0.3, 0.4) is 0 Å². The second kappa shape index (κ2) is 5.19. The molecule has 2 heterocycles. The predicted molar refractivity (Wildman–Crippen MR) is 75.9 cm³/mol. The van der Waals surface area contributed by atoms with Gasteiger partial charge in [0.1, 0.15) is 11.9 Å². The van der Waals surface area contributed by atoms with Crippen LogP contribution in [0.4, 0.5) is 0 Å². The SMILES string of the molecule is NCC1CCN(CC2Cc3cc(Br)ccc3O2)C1. The fourth-order valence-electron chi connectivity index (χ4n) is 2.95. The van der Waals surface area contributed by atoms with Gasteiger partial charge in [0, 0.05) is 24.0 Å². The van der Waals surface area contributed by atoms with Crippen molar-refractivity contribution < 1.29 is 4.74 Å². The maximum absolute atomic E-state index is 6.00. The number of hydrogen-bond acceptors (Lipinski definition) is 3. The van der Waals surface area contributed by atoms with Gasteiger partial charge in [0.15, 0.2) is 0 Å². The summed E-state index contributed by atoms with van der Waals surface area (Å²) in [4.78, 5) is 2.49. The van der Waals surface area contributed by atoms with Gasteiger partial charge in [-0.05, 0) is 49.2 Å². The Hall–Kier alpha value is -0.580. The van der Waals surface area contributed by atoms with Crippen LogP contribution in [-0.4, -0.2) is 37.2 Å². The second-order valence-corrected chi connectivity index (χ2v) is 6.26. The quantitative estimate of drug-likeness (QED) is 0.928. The molecule has 18 heavy (non-hydrogen) atoms. The van der Waals surface area contributed by atoms with Crippen LogP contribution in [0.2, 0.25) is 0 Å². The van der Waals surface area contributed by atoms with Crippen molar-refractivity contribution in [2.45, 2.75) is 18.9 Å². The number of hydrogen-bond donors (Lipinski definition) is 1. The monoisotopic (exact) mass is 310 g/mol. The summed E-state index contributed by atoms with van der Waals surface area (Å²) in [7, 11) is 0. The summed E-state index contributed by atoms with van der Waals surface area (Å²) in [5, 5.41) is 0. The van der Waals surface area contributed by atoms with Crippen molar-refractivity contribution in [3.05, 3.63) is 28.2 Å². The van der Waals surface area contributed by atoms with Crippen LogP contribution in [0.15, 0.2) is 22.7 Å². The Morgan fingerprint density at radius 1 is 1.44 bits per heavy atom. The third-order valence-electron chi connectivity index (χ3n) is 3.93. The van der Waals surface area contributed by atoms with E-state index in [9.17, 15) is 0 Å². The van der Waals surface area contributed by atoms with E-state index in [1.54, 1.807) is 0 Å². The average molecular weight is 311 g/mol. The van der Waals surface area contributed by atoms with Crippen LogP contribution in [-0.2, 0) is 6.42 Å². The van der Waals surface area contributed by atoms with Crippen molar-refractivity contribution >= 4 is 15.9 Å². The first-order valence-electron chi connectivity index (χ1n) is 6.62. The van der Waals surface area contributed by atoms with Gasteiger partial charge in [-0.15, -0.1) is 0 Å². The lowest BCUT2D eigenvalue weighted by Gasteiger charge is -2.20. The second-order valence-electron chi connectivity index (χ2n) is 5.35. The van der Waals surface area contributed by atoms with E-state index in [2.05, 4.69) is 33.0 Å².